The molecule has 0 aliphatic heterocycles. The highest BCUT2D eigenvalue weighted by Crippen LogP contribution is 2.36. The fraction of sp³-hybridized carbons (Fsp3) is 0.143. The number of aryl methyl sites for hydroxylation is 1. The molecule has 2 rings (SSSR count). The summed E-state index contributed by atoms with van der Waals surface area (Å²) < 4.78 is 32.3. The van der Waals surface area contributed by atoms with Crippen LogP contribution in [0.1, 0.15) is 11.1 Å². The third-order valence-electron chi connectivity index (χ3n) is 3.06. The van der Waals surface area contributed by atoms with E-state index in [4.69, 9.17) is 23.2 Å². The van der Waals surface area contributed by atoms with Crippen molar-refractivity contribution < 1.29 is 13.0 Å². The Labute approximate surface area is 127 Å². The minimum atomic E-state index is -4.38. The van der Waals surface area contributed by atoms with E-state index < -0.39 is 10.1 Å². The van der Waals surface area contributed by atoms with Gasteiger partial charge in [0.1, 0.15) is 4.90 Å². The van der Waals surface area contributed by atoms with E-state index in [2.05, 4.69) is 0 Å². The predicted molar refractivity (Wildman–Crippen MR) is 81.2 cm³/mol. The molecule has 106 valence electrons. The Kier molecular flexibility index (Phi) is 4.12. The quantitative estimate of drug-likeness (QED) is 0.823. The minimum Gasteiger partial charge on any atom is -0.282 e. The molecule has 0 aliphatic rings. The van der Waals surface area contributed by atoms with E-state index in [1.54, 1.807) is 31.2 Å². The van der Waals surface area contributed by atoms with Crippen LogP contribution in [0.4, 0.5) is 0 Å². The van der Waals surface area contributed by atoms with Gasteiger partial charge in [-0.1, -0.05) is 35.3 Å². The number of rotatable bonds is 2. The largest absolute Gasteiger partial charge is 0.296 e. The minimum absolute atomic E-state index is 0.0141. The van der Waals surface area contributed by atoms with Crippen molar-refractivity contribution in [2.24, 2.45) is 0 Å². The van der Waals surface area contributed by atoms with Gasteiger partial charge in [-0.25, -0.2) is 0 Å². The molecule has 0 atom stereocenters. The van der Waals surface area contributed by atoms with Crippen LogP contribution in [0.15, 0.2) is 35.2 Å². The molecule has 0 aromatic heterocycles. The van der Waals surface area contributed by atoms with Crippen molar-refractivity contribution in [1.82, 2.24) is 0 Å². The second-order valence-electron chi connectivity index (χ2n) is 4.49. The molecule has 0 unspecified atom stereocenters. The monoisotopic (exact) mass is 330 g/mol. The van der Waals surface area contributed by atoms with E-state index in [9.17, 15) is 13.0 Å². The summed E-state index contributed by atoms with van der Waals surface area (Å²) in [6.07, 6.45) is 0. The maximum atomic E-state index is 11.5. The van der Waals surface area contributed by atoms with Crippen LogP contribution in [0.25, 0.3) is 11.1 Å². The van der Waals surface area contributed by atoms with E-state index in [-0.39, 0.29) is 9.92 Å². The third-order valence-corrected chi connectivity index (χ3v) is 4.77. The van der Waals surface area contributed by atoms with Crippen LogP contribution < -0.4 is 0 Å². The zero-order valence-corrected chi connectivity index (χ0v) is 13.1. The molecule has 0 spiro atoms. The van der Waals surface area contributed by atoms with Crippen LogP contribution in [0.2, 0.25) is 10.0 Å². The van der Waals surface area contributed by atoms with Gasteiger partial charge < -0.3 is 0 Å². The summed E-state index contributed by atoms with van der Waals surface area (Å²) >= 11 is 11.8. The predicted octanol–water partition coefficient (Wildman–Crippen LogP) is 4.52. The van der Waals surface area contributed by atoms with E-state index >= 15 is 0 Å². The normalized spacial score (nSPS) is 11.7. The highest BCUT2D eigenvalue weighted by Gasteiger charge is 2.22. The lowest BCUT2D eigenvalue weighted by molar-refractivity contribution is 0.482. The van der Waals surface area contributed by atoms with Crippen LogP contribution in [0, 0.1) is 13.8 Å². The molecule has 0 saturated heterocycles. The molecule has 2 aromatic carbocycles. The highest BCUT2D eigenvalue weighted by atomic mass is 35.5. The highest BCUT2D eigenvalue weighted by molar-refractivity contribution is 7.86. The van der Waals surface area contributed by atoms with Gasteiger partial charge in [-0.15, -0.1) is 0 Å². The maximum absolute atomic E-state index is 11.5. The van der Waals surface area contributed by atoms with Crippen LogP contribution in [0.3, 0.4) is 0 Å². The summed E-state index contributed by atoms with van der Waals surface area (Å²) in [5.41, 5.74) is 2.77. The van der Waals surface area contributed by atoms with E-state index in [0.29, 0.717) is 10.6 Å². The molecule has 0 amide bonds. The van der Waals surface area contributed by atoms with Crippen molar-refractivity contribution in [1.29, 1.82) is 0 Å². The molecule has 0 fully saturated rings. The van der Waals surface area contributed by atoms with Crippen molar-refractivity contribution in [3.8, 4) is 11.1 Å². The number of benzene rings is 2. The third kappa shape index (κ3) is 2.83. The maximum Gasteiger partial charge on any atom is 0.296 e. The first-order valence-electron chi connectivity index (χ1n) is 5.75. The summed E-state index contributed by atoms with van der Waals surface area (Å²) in [7, 11) is -4.38. The van der Waals surface area contributed by atoms with E-state index in [1.807, 2.05) is 6.92 Å². The summed E-state index contributed by atoms with van der Waals surface area (Å²) in [5.74, 6) is 0. The van der Waals surface area contributed by atoms with Gasteiger partial charge in [-0.2, -0.15) is 8.42 Å². The molecule has 0 aliphatic carbocycles. The Hall–Kier alpha value is -1.07. The molecule has 3 nitrogen and oxygen atoms in total. The van der Waals surface area contributed by atoms with Crippen molar-refractivity contribution in [3.63, 3.8) is 0 Å². The van der Waals surface area contributed by atoms with Crippen LogP contribution >= 0.6 is 23.2 Å². The molecule has 0 saturated carbocycles. The molecular formula is C14H12Cl2O3S. The molecule has 0 radical (unpaired) electrons. The van der Waals surface area contributed by atoms with Crippen molar-refractivity contribution in [2.75, 3.05) is 0 Å². The van der Waals surface area contributed by atoms with Gasteiger partial charge in [-0.05, 0) is 54.3 Å². The van der Waals surface area contributed by atoms with Crippen LogP contribution in [-0.4, -0.2) is 13.0 Å². The lowest BCUT2D eigenvalue weighted by Gasteiger charge is -2.15. The lowest BCUT2D eigenvalue weighted by atomic mass is 9.96. The fourth-order valence-corrected chi connectivity index (χ4v) is 3.81. The Morgan fingerprint density at radius 3 is 2.10 bits per heavy atom. The summed E-state index contributed by atoms with van der Waals surface area (Å²) in [4.78, 5) is -0.255. The first-order valence-corrected chi connectivity index (χ1v) is 7.94. The number of halogens is 2. The van der Waals surface area contributed by atoms with E-state index in [0.717, 1.165) is 16.7 Å². The molecule has 2 aromatic rings. The van der Waals surface area contributed by atoms with Crippen LogP contribution in [-0.2, 0) is 10.1 Å². The van der Waals surface area contributed by atoms with Gasteiger partial charge in [0.2, 0.25) is 0 Å². The van der Waals surface area contributed by atoms with Crippen molar-refractivity contribution in [3.05, 3.63) is 51.5 Å². The SMILES string of the molecule is Cc1cc(Cl)c(S(=O)(=O)O)c(C)c1-c1ccc(Cl)cc1. The summed E-state index contributed by atoms with van der Waals surface area (Å²) in [6.45, 7) is 3.45. The Morgan fingerprint density at radius 1 is 1.05 bits per heavy atom. The fourth-order valence-electron chi connectivity index (χ4n) is 2.29. The standard InChI is InChI=1S/C14H12Cl2O3S/c1-8-7-12(16)14(20(17,18)19)9(2)13(8)10-3-5-11(15)6-4-10/h3-7H,1-2H3,(H,17,18,19). The Balaban J connectivity index is 2.81. The zero-order valence-electron chi connectivity index (χ0n) is 10.8. The first kappa shape index (κ1) is 15.3. The van der Waals surface area contributed by atoms with Gasteiger partial charge >= 0.3 is 0 Å². The average Bonchev–Trinajstić information content (AvgIpc) is 2.28. The zero-order chi connectivity index (χ0) is 15.1. The molecular weight excluding hydrogens is 319 g/mol. The van der Waals surface area contributed by atoms with Crippen LogP contribution in [0.5, 0.6) is 0 Å². The molecule has 1 N–H and O–H groups in total. The number of hydrogen-bond acceptors (Lipinski definition) is 2. The van der Waals surface area contributed by atoms with Crippen molar-refractivity contribution >= 4 is 33.3 Å². The molecule has 20 heavy (non-hydrogen) atoms. The van der Waals surface area contributed by atoms with Gasteiger partial charge in [0.15, 0.2) is 0 Å². The Morgan fingerprint density at radius 2 is 1.60 bits per heavy atom. The second kappa shape index (κ2) is 5.37. The van der Waals surface area contributed by atoms with Gasteiger partial charge in [0.25, 0.3) is 10.1 Å². The number of hydrogen-bond donors (Lipinski definition) is 1. The molecule has 0 heterocycles. The van der Waals surface area contributed by atoms with Gasteiger partial charge in [0.05, 0.1) is 5.02 Å². The summed E-state index contributed by atoms with van der Waals surface area (Å²) in [5, 5.41) is 0.605. The average molecular weight is 331 g/mol. The molecule has 0 bridgehead atoms. The molecule has 6 heteroatoms. The Bertz CT molecular complexity index is 766. The summed E-state index contributed by atoms with van der Waals surface area (Å²) in [6, 6.07) is 8.55. The van der Waals surface area contributed by atoms with Gasteiger partial charge in [-0.3, -0.25) is 4.55 Å². The topological polar surface area (TPSA) is 54.4 Å². The second-order valence-corrected chi connectivity index (χ2v) is 6.69. The van der Waals surface area contributed by atoms with E-state index in [1.165, 1.54) is 6.07 Å². The van der Waals surface area contributed by atoms with Crippen molar-refractivity contribution in [2.45, 2.75) is 18.7 Å². The lowest BCUT2D eigenvalue weighted by Crippen LogP contribution is -2.04. The first-order chi connectivity index (χ1) is 9.21. The smallest absolute Gasteiger partial charge is 0.282 e. The van der Waals surface area contributed by atoms with Gasteiger partial charge in [0, 0.05) is 5.02 Å².